The lowest BCUT2D eigenvalue weighted by atomic mass is 10.2. The summed E-state index contributed by atoms with van der Waals surface area (Å²) in [6.07, 6.45) is 1.45. The van der Waals surface area contributed by atoms with Crippen LogP contribution >= 0.6 is 11.6 Å². The Bertz CT molecular complexity index is 677. The molecule has 0 N–H and O–H groups in total. The summed E-state index contributed by atoms with van der Waals surface area (Å²) in [7, 11) is 0. The maximum atomic E-state index is 11.9. The highest BCUT2D eigenvalue weighted by Gasteiger charge is 2.18. The van der Waals surface area contributed by atoms with Crippen LogP contribution in [0.2, 0.25) is 5.02 Å². The largest absolute Gasteiger partial charge is 0.486 e. The van der Waals surface area contributed by atoms with Gasteiger partial charge in [0.1, 0.15) is 19.8 Å². The van der Waals surface area contributed by atoms with Crippen molar-refractivity contribution in [2.45, 2.75) is 13.5 Å². The van der Waals surface area contributed by atoms with Gasteiger partial charge in [-0.05, 0) is 30.7 Å². The molecule has 0 amide bonds. The topological polar surface area (TPSA) is 57.9 Å². The van der Waals surface area contributed by atoms with Gasteiger partial charge in [0.15, 0.2) is 11.5 Å². The molecule has 0 radical (unpaired) electrons. The maximum absolute atomic E-state index is 11.9. The van der Waals surface area contributed by atoms with Gasteiger partial charge >= 0.3 is 5.97 Å². The second kappa shape index (κ2) is 5.69. The van der Waals surface area contributed by atoms with Crippen molar-refractivity contribution in [2.24, 2.45) is 0 Å². The van der Waals surface area contributed by atoms with Crippen molar-refractivity contribution in [3.63, 3.8) is 0 Å². The van der Waals surface area contributed by atoms with Crippen molar-refractivity contribution < 1.29 is 23.4 Å². The Hall–Kier alpha value is -2.14. The first-order chi connectivity index (χ1) is 10.1. The number of furan rings is 1. The molecule has 21 heavy (non-hydrogen) atoms. The van der Waals surface area contributed by atoms with Crippen LogP contribution in [0.4, 0.5) is 0 Å². The van der Waals surface area contributed by atoms with Crippen LogP contribution in [-0.4, -0.2) is 19.2 Å². The molecule has 110 valence electrons. The average molecular weight is 309 g/mol. The maximum Gasteiger partial charge on any atom is 0.374 e. The molecule has 0 aliphatic carbocycles. The standard InChI is InChI=1S/C15H13ClO5/c1-9-2-3-19-13(9)15(17)21-8-10-6-11(16)14-12(7-10)18-4-5-20-14/h2-3,6-7H,4-5,8H2,1H3. The number of hydrogen-bond donors (Lipinski definition) is 0. The van der Waals surface area contributed by atoms with Gasteiger partial charge in [0, 0.05) is 5.56 Å². The zero-order chi connectivity index (χ0) is 14.8. The fraction of sp³-hybridized carbons (Fsp3) is 0.267. The molecule has 0 saturated carbocycles. The molecule has 0 spiro atoms. The third-order valence-electron chi connectivity index (χ3n) is 3.07. The Morgan fingerprint density at radius 3 is 2.90 bits per heavy atom. The van der Waals surface area contributed by atoms with Crippen molar-refractivity contribution in [1.82, 2.24) is 0 Å². The summed E-state index contributed by atoms with van der Waals surface area (Å²) in [5.41, 5.74) is 1.46. The van der Waals surface area contributed by atoms with Gasteiger partial charge in [-0.25, -0.2) is 4.79 Å². The number of hydrogen-bond acceptors (Lipinski definition) is 5. The zero-order valence-corrected chi connectivity index (χ0v) is 12.1. The van der Waals surface area contributed by atoms with Crippen LogP contribution in [0.1, 0.15) is 21.7 Å². The van der Waals surface area contributed by atoms with Crippen molar-refractivity contribution in [3.8, 4) is 11.5 Å². The lowest BCUT2D eigenvalue weighted by Gasteiger charge is -2.20. The Balaban J connectivity index is 1.72. The van der Waals surface area contributed by atoms with E-state index in [9.17, 15) is 4.79 Å². The molecule has 0 saturated heterocycles. The fourth-order valence-corrected chi connectivity index (χ4v) is 2.33. The van der Waals surface area contributed by atoms with E-state index in [-0.39, 0.29) is 12.4 Å². The van der Waals surface area contributed by atoms with E-state index in [1.165, 1.54) is 6.26 Å². The molecule has 1 aliphatic rings. The first kappa shape index (κ1) is 13.8. The summed E-state index contributed by atoms with van der Waals surface area (Å²) in [6, 6.07) is 5.15. The molecule has 0 atom stereocenters. The van der Waals surface area contributed by atoms with E-state index in [1.807, 2.05) is 0 Å². The van der Waals surface area contributed by atoms with Crippen LogP contribution in [0, 0.1) is 6.92 Å². The molecule has 0 fully saturated rings. The van der Waals surface area contributed by atoms with Crippen molar-refractivity contribution in [2.75, 3.05) is 13.2 Å². The Morgan fingerprint density at radius 1 is 1.33 bits per heavy atom. The molecule has 3 rings (SSSR count). The van der Waals surface area contributed by atoms with Crippen LogP contribution in [0.3, 0.4) is 0 Å². The van der Waals surface area contributed by atoms with Gasteiger partial charge in [0.2, 0.25) is 5.76 Å². The number of rotatable bonds is 3. The van der Waals surface area contributed by atoms with Gasteiger partial charge in [-0.15, -0.1) is 0 Å². The van der Waals surface area contributed by atoms with E-state index in [0.717, 1.165) is 11.1 Å². The predicted octanol–water partition coefficient (Wildman–Crippen LogP) is 3.37. The van der Waals surface area contributed by atoms with E-state index < -0.39 is 5.97 Å². The number of carbonyl (C=O) groups excluding carboxylic acids is 1. The second-order valence-corrected chi connectivity index (χ2v) is 5.02. The Kier molecular flexibility index (Phi) is 3.75. The number of carbonyl (C=O) groups is 1. The van der Waals surface area contributed by atoms with Crippen LogP contribution in [-0.2, 0) is 11.3 Å². The number of esters is 1. The summed E-state index contributed by atoms with van der Waals surface area (Å²) in [4.78, 5) is 11.9. The summed E-state index contributed by atoms with van der Waals surface area (Å²) >= 11 is 6.12. The lowest BCUT2D eigenvalue weighted by molar-refractivity contribution is 0.0434. The van der Waals surface area contributed by atoms with Crippen molar-refractivity contribution in [3.05, 3.63) is 46.4 Å². The number of aryl methyl sites for hydroxylation is 1. The smallest absolute Gasteiger partial charge is 0.374 e. The average Bonchev–Trinajstić information content (AvgIpc) is 2.91. The van der Waals surface area contributed by atoms with Crippen LogP contribution in [0.15, 0.2) is 28.9 Å². The third kappa shape index (κ3) is 2.83. The molecule has 5 nitrogen and oxygen atoms in total. The van der Waals surface area contributed by atoms with E-state index >= 15 is 0 Å². The summed E-state index contributed by atoms with van der Waals surface area (Å²) in [5, 5.41) is 0.437. The van der Waals surface area contributed by atoms with Gasteiger partial charge in [0.05, 0.1) is 11.3 Å². The quantitative estimate of drug-likeness (QED) is 0.814. The number of fused-ring (bicyclic) bond motifs is 1. The van der Waals surface area contributed by atoms with Crippen LogP contribution in [0.5, 0.6) is 11.5 Å². The molecule has 0 bridgehead atoms. The minimum Gasteiger partial charge on any atom is -0.486 e. The summed E-state index contributed by atoms with van der Waals surface area (Å²) in [6.45, 7) is 2.80. The minimum absolute atomic E-state index is 0.0787. The van der Waals surface area contributed by atoms with Gasteiger partial charge in [-0.1, -0.05) is 11.6 Å². The molecule has 0 unspecified atom stereocenters. The van der Waals surface area contributed by atoms with Crippen LogP contribution in [0.25, 0.3) is 0 Å². The second-order valence-electron chi connectivity index (χ2n) is 4.61. The van der Waals surface area contributed by atoms with E-state index in [4.69, 9.17) is 30.2 Å². The number of halogens is 1. The molecule has 1 aliphatic heterocycles. The normalized spacial score (nSPS) is 13.0. The SMILES string of the molecule is Cc1ccoc1C(=O)OCc1cc(Cl)c2c(c1)OCCO2. The van der Waals surface area contributed by atoms with Crippen molar-refractivity contribution in [1.29, 1.82) is 0 Å². The van der Waals surface area contributed by atoms with Gasteiger partial charge in [-0.3, -0.25) is 0 Å². The van der Waals surface area contributed by atoms with Crippen molar-refractivity contribution >= 4 is 17.6 Å². The molecule has 2 heterocycles. The van der Waals surface area contributed by atoms with Gasteiger partial charge < -0.3 is 18.6 Å². The van der Waals surface area contributed by atoms with E-state index in [1.54, 1.807) is 25.1 Å². The lowest BCUT2D eigenvalue weighted by Crippen LogP contribution is -2.16. The van der Waals surface area contributed by atoms with Gasteiger partial charge in [0.25, 0.3) is 0 Å². The van der Waals surface area contributed by atoms with Gasteiger partial charge in [-0.2, -0.15) is 0 Å². The predicted molar refractivity (Wildman–Crippen MR) is 75.0 cm³/mol. The summed E-state index contributed by atoms with van der Waals surface area (Å²) in [5.74, 6) is 0.788. The van der Waals surface area contributed by atoms with Crippen LogP contribution < -0.4 is 9.47 Å². The molecule has 2 aromatic rings. The minimum atomic E-state index is -0.511. The highest BCUT2D eigenvalue weighted by Crippen LogP contribution is 2.38. The first-order valence-electron chi connectivity index (χ1n) is 6.44. The Morgan fingerprint density at radius 2 is 2.14 bits per heavy atom. The Labute approximate surface area is 126 Å². The highest BCUT2D eigenvalue weighted by molar-refractivity contribution is 6.32. The molecule has 1 aromatic heterocycles. The fourth-order valence-electron chi connectivity index (χ4n) is 2.04. The zero-order valence-electron chi connectivity index (χ0n) is 11.3. The third-order valence-corrected chi connectivity index (χ3v) is 3.35. The number of ether oxygens (including phenoxy) is 3. The molecule has 1 aromatic carbocycles. The monoisotopic (exact) mass is 308 g/mol. The molecular weight excluding hydrogens is 296 g/mol. The highest BCUT2D eigenvalue weighted by atomic mass is 35.5. The van der Waals surface area contributed by atoms with E-state index in [0.29, 0.717) is 29.7 Å². The molecule has 6 heteroatoms. The van der Waals surface area contributed by atoms with E-state index in [2.05, 4.69) is 0 Å². The first-order valence-corrected chi connectivity index (χ1v) is 6.82. The number of benzene rings is 1. The summed E-state index contributed by atoms with van der Waals surface area (Å²) < 4.78 is 21.2. The molecular formula is C15H13ClO5.